The minimum Gasteiger partial charge on any atom is -0.361 e. The molecule has 1 atom stereocenters. The van der Waals surface area contributed by atoms with Crippen LogP contribution in [0.25, 0.3) is 10.9 Å². The molecule has 3 rings (SSSR count). The molecule has 4 nitrogen and oxygen atoms in total. The van der Waals surface area contributed by atoms with E-state index in [4.69, 9.17) is 4.52 Å². The highest BCUT2D eigenvalue weighted by Crippen LogP contribution is 2.21. The van der Waals surface area contributed by atoms with Gasteiger partial charge in [-0.2, -0.15) is 0 Å². The summed E-state index contributed by atoms with van der Waals surface area (Å²) in [6.45, 7) is 6.91. The van der Waals surface area contributed by atoms with Crippen LogP contribution in [0.4, 0.5) is 0 Å². The standard InChI is InChI=1S/C16H19N3O/c1-10(16-11(2)19-20-12(16)3)18-9-13-4-5-15-14(8-13)6-7-17-15/h4-8,10,17-18H,9H2,1-3H3. The summed E-state index contributed by atoms with van der Waals surface area (Å²) >= 11 is 0. The highest BCUT2D eigenvalue weighted by atomic mass is 16.5. The Balaban J connectivity index is 1.72. The molecule has 0 aliphatic rings. The minimum absolute atomic E-state index is 0.225. The van der Waals surface area contributed by atoms with E-state index in [1.54, 1.807) is 0 Å². The first-order valence-corrected chi connectivity index (χ1v) is 6.87. The van der Waals surface area contributed by atoms with Gasteiger partial charge in [-0.05, 0) is 49.9 Å². The lowest BCUT2D eigenvalue weighted by Gasteiger charge is -2.13. The van der Waals surface area contributed by atoms with Gasteiger partial charge in [0.25, 0.3) is 0 Å². The highest BCUT2D eigenvalue weighted by Gasteiger charge is 2.15. The number of rotatable bonds is 4. The van der Waals surface area contributed by atoms with Crippen molar-refractivity contribution in [2.45, 2.75) is 33.4 Å². The summed E-state index contributed by atoms with van der Waals surface area (Å²) in [4.78, 5) is 3.21. The van der Waals surface area contributed by atoms with Crippen molar-refractivity contribution in [3.05, 3.63) is 53.0 Å². The first-order chi connectivity index (χ1) is 9.65. The van der Waals surface area contributed by atoms with Crippen molar-refractivity contribution in [3.63, 3.8) is 0 Å². The predicted molar refractivity (Wildman–Crippen MR) is 79.5 cm³/mol. The van der Waals surface area contributed by atoms with E-state index in [1.807, 2.05) is 20.0 Å². The fraction of sp³-hybridized carbons (Fsp3) is 0.312. The number of aryl methyl sites for hydroxylation is 2. The molecule has 2 aromatic heterocycles. The molecule has 0 radical (unpaired) electrons. The lowest BCUT2D eigenvalue weighted by molar-refractivity contribution is 0.390. The molecule has 0 fully saturated rings. The fourth-order valence-corrected chi connectivity index (χ4v) is 2.69. The molecule has 0 spiro atoms. The molecule has 1 aromatic carbocycles. The van der Waals surface area contributed by atoms with Gasteiger partial charge in [-0.25, -0.2) is 0 Å². The number of fused-ring (bicyclic) bond motifs is 1. The summed E-state index contributed by atoms with van der Waals surface area (Å²) in [5.41, 5.74) is 4.57. The zero-order valence-electron chi connectivity index (χ0n) is 12.0. The van der Waals surface area contributed by atoms with E-state index in [-0.39, 0.29) is 6.04 Å². The number of hydrogen-bond acceptors (Lipinski definition) is 3. The molecule has 0 aliphatic heterocycles. The predicted octanol–water partition coefficient (Wildman–Crippen LogP) is 3.62. The van der Waals surface area contributed by atoms with Crippen LogP contribution in [-0.2, 0) is 6.54 Å². The second-order valence-electron chi connectivity index (χ2n) is 5.24. The van der Waals surface area contributed by atoms with Crippen molar-refractivity contribution in [1.29, 1.82) is 0 Å². The van der Waals surface area contributed by atoms with Gasteiger partial charge in [0.05, 0.1) is 5.69 Å². The second kappa shape index (κ2) is 5.13. The molecule has 0 amide bonds. The van der Waals surface area contributed by atoms with Crippen molar-refractivity contribution in [1.82, 2.24) is 15.5 Å². The highest BCUT2D eigenvalue weighted by molar-refractivity contribution is 5.79. The summed E-state index contributed by atoms with van der Waals surface area (Å²) < 4.78 is 5.22. The maximum Gasteiger partial charge on any atom is 0.138 e. The summed E-state index contributed by atoms with van der Waals surface area (Å²) in [5.74, 6) is 0.892. The number of H-pyrrole nitrogens is 1. The van der Waals surface area contributed by atoms with Gasteiger partial charge >= 0.3 is 0 Å². The van der Waals surface area contributed by atoms with Crippen molar-refractivity contribution < 1.29 is 4.52 Å². The first-order valence-electron chi connectivity index (χ1n) is 6.87. The van der Waals surface area contributed by atoms with E-state index in [0.29, 0.717) is 0 Å². The number of hydrogen-bond donors (Lipinski definition) is 2. The smallest absolute Gasteiger partial charge is 0.138 e. The van der Waals surface area contributed by atoms with Crippen LogP contribution in [0.1, 0.15) is 35.5 Å². The van der Waals surface area contributed by atoms with Crippen LogP contribution in [0.3, 0.4) is 0 Å². The van der Waals surface area contributed by atoms with Gasteiger partial charge in [0.15, 0.2) is 0 Å². The molecule has 4 heteroatoms. The van der Waals surface area contributed by atoms with Crippen LogP contribution in [0.5, 0.6) is 0 Å². The average Bonchev–Trinajstić information content (AvgIpc) is 3.02. The zero-order valence-corrected chi connectivity index (χ0v) is 12.0. The SMILES string of the molecule is Cc1noc(C)c1C(C)NCc1ccc2[nH]ccc2c1. The lowest BCUT2D eigenvalue weighted by Crippen LogP contribution is -2.19. The van der Waals surface area contributed by atoms with E-state index >= 15 is 0 Å². The Morgan fingerprint density at radius 3 is 2.90 bits per heavy atom. The van der Waals surface area contributed by atoms with Crippen LogP contribution >= 0.6 is 0 Å². The van der Waals surface area contributed by atoms with Gasteiger partial charge in [-0.1, -0.05) is 11.2 Å². The third-order valence-corrected chi connectivity index (χ3v) is 3.75. The molecule has 104 valence electrons. The summed E-state index contributed by atoms with van der Waals surface area (Å²) in [6, 6.07) is 8.79. The molecule has 20 heavy (non-hydrogen) atoms. The van der Waals surface area contributed by atoms with Crippen LogP contribution in [0.2, 0.25) is 0 Å². The Hall–Kier alpha value is -2.07. The van der Waals surface area contributed by atoms with Gasteiger partial charge in [0, 0.05) is 29.9 Å². The monoisotopic (exact) mass is 269 g/mol. The number of aromatic amines is 1. The molecule has 3 aromatic rings. The molecule has 2 N–H and O–H groups in total. The minimum atomic E-state index is 0.225. The first kappa shape index (κ1) is 12.9. The van der Waals surface area contributed by atoms with E-state index in [2.05, 4.69) is 46.6 Å². The average molecular weight is 269 g/mol. The number of aromatic nitrogens is 2. The van der Waals surface area contributed by atoms with Gasteiger partial charge in [0.1, 0.15) is 5.76 Å². The molecule has 1 unspecified atom stereocenters. The van der Waals surface area contributed by atoms with E-state index in [0.717, 1.165) is 23.6 Å². The number of nitrogens with zero attached hydrogens (tertiary/aromatic N) is 1. The Morgan fingerprint density at radius 2 is 2.15 bits per heavy atom. The molecular weight excluding hydrogens is 250 g/mol. The van der Waals surface area contributed by atoms with E-state index < -0.39 is 0 Å². The Bertz CT molecular complexity index is 707. The van der Waals surface area contributed by atoms with Crippen molar-refractivity contribution in [2.75, 3.05) is 0 Å². The summed E-state index contributed by atoms with van der Waals surface area (Å²) in [7, 11) is 0. The van der Waals surface area contributed by atoms with Crippen LogP contribution in [-0.4, -0.2) is 10.1 Å². The largest absolute Gasteiger partial charge is 0.361 e. The molecule has 0 aliphatic carbocycles. The third kappa shape index (κ3) is 2.34. The topological polar surface area (TPSA) is 53.9 Å². The molecule has 0 saturated heterocycles. The summed E-state index contributed by atoms with van der Waals surface area (Å²) in [5, 5.41) is 8.78. The second-order valence-corrected chi connectivity index (χ2v) is 5.24. The van der Waals surface area contributed by atoms with Crippen molar-refractivity contribution in [3.8, 4) is 0 Å². The maximum atomic E-state index is 5.22. The normalized spacial score (nSPS) is 12.9. The number of nitrogens with one attached hydrogen (secondary N) is 2. The molecular formula is C16H19N3O. The van der Waals surface area contributed by atoms with Gasteiger partial charge in [0.2, 0.25) is 0 Å². The Kier molecular flexibility index (Phi) is 3.32. The lowest BCUT2D eigenvalue weighted by atomic mass is 10.1. The van der Waals surface area contributed by atoms with Crippen LogP contribution in [0, 0.1) is 13.8 Å². The van der Waals surface area contributed by atoms with E-state index in [9.17, 15) is 0 Å². The summed E-state index contributed by atoms with van der Waals surface area (Å²) in [6.07, 6.45) is 1.97. The van der Waals surface area contributed by atoms with Gasteiger partial charge < -0.3 is 14.8 Å². The van der Waals surface area contributed by atoms with Crippen molar-refractivity contribution >= 4 is 10.9 Å². The maximum absolute atomic E-state index is 5.22. The molecule has 2 heterocycles. The molecule has 0 saturated carbocycles. The third-order valence-electron chi connectivity index (χ3n) is 3.75. The Labute approximate surface area is 118 Å². The quantitative estimate of drug-likeness (QED) is 0.760. The fourth-order valence-electron chi connectivity index (χ4n) is 2.69. The molecule has 0 bridgehead atoms. The van der Waals surface area contributed by atoms with Crippen LogP contribution < -0.4 is 5.32 Å². The van der Waals surface area contributed by atoms with Crippen molar-refractivity contribution in [2.24, 2.45) is 0 Å². The Morgan fingerprint density at radius 1 is 1.30 bits per heavy atom. The number of benzene rings is 1. The van der Waals surface area contributed by atoms with Gasteiger partial charge in [-0.3, -0.25) is 0 Å². The van der Waals surface area contributed by atoms with Crippen LogP contribution in [0.15, 0.2) is 35.0 Å². The van der Waals surface area contributed by atoms with E-state index in [1.165, 1.54) is 16.5 Å². The zero-order chi connectivity index (χ0) is 14.1. The van der Waals surface area contributed by atoms with Gasteiger partial charge in [-0.15, -0.1) is 0 Å².